The zero-order valence-corrected chi connectivity index (χ0v) is 13.0. The van der Waals surface area contributed by atoms with Crippen molar-refractivity contribution in [3.63, 3.8) is 0 Å². The summed E-state index contributed by atoms with van der Waals surface area (Å²) in [6.45, 7) is 2.48. The van der Waals surface area contributed by atoms with E-state index in [2.05, 4.69) is 26.3 Å². The molecular formula is C15H17N5OS. The fraction of sp³-hybridized carbons (Fsp3) is 0.467. The van der Waals surface area contributed by atoms with Crippen LogP contribution < -0.4 is 10.5 Å². The second-order valence-corrected chi connectivity index (χ2v) is 6.90. The number of rotatable bonds is 3. The van der Waals surface area contributed by atoms with E-state index in [-0.39, 0.29) is 5.56 Å². The summed E-state index contributed by atoms with van der Waals surface area (Å²) in [5, 5.41) is 12.8. The summed E-state index contributed by atoms with van der Waals surface area (Å²) < 4.78 is 1.54. The molecule has 0 atom stereocenters. The van der Waals surface area contributed by atoms with Crippen molar-refractivity contribution < 1.29 is 0 Å². The quantitative estimate of drug-likeness (QED) is 0.840. The average molecular weight is 315 g/mol. The van der Waals surface area contributed by atoms with E-state index in [9.17, 15) is 4.79 Å². The van der Waals surface area contributed by atoms with Crippen LogP contribution in [-0.2, 0) is 18.7 Å². The molecular weight excluding hydrogens is 298 g/mol. The van der Waals surface area contributed by atoms with E-state index in [1.165, 1.54) is 10.2 Å². The van der Waals surface area contributed by atoms with Crippen molar-refractivity contribution in [1.82, 2.24) is 20.0 Å². The van der Waals surface area contributed by atoms with Gasteiger partial charge >= 0.3 is 0 Å². The molecule has 0 radical (unpaired) electrons. The van der Waals surface area contributed by atoms with Crippen molar-refractivity contribution in [3.05, 3.63) is 46.0 Å². The fourth-order valence-electron chi connectivity index (χ4n) is 2.93. The third kappa shape index (κ3) is 2.61. The van der Waals surface area contributed by atoms with E-state index >= 15 is 0 Å². The second-order valence-electron chi connectivity index (χ2n) is 5.79. The molecule has 0 aliphatic carbocycles. The molecule has 6 nitrogen and oxygen atoms in total. The Labute approximate surface area is 132 Å². The van der Waals surface area contributed by atoms with Gasteiger partial charge in [-0.3, -0.25) is 4.79 Å². The summed E-state index contributed by atoms with van der Waals surface area (Å²) in [6, 6.07) is 5.40. The van der Waals surface area contributed by atoms with Gasteiger partial charge < -0.3 is 4.90 Å². The Kier molecular flexibility index (Phi) is 3.57. The monoisotopic (exact) mass is 315 g/mol. The van der Waals surface area contributed by atoms with E-state index in [1.807, 2.05) is 11.8 Å². The summed E-state index contributed by atoms with van der Waals surface area (Å²) >= 11 is 1.95. The van der Waals surface area contributed by atoms with E-state index in [1.54, 1.807) is 18.3 Å². The molecule has 0 unspecified atom stereocenters. The van der Waals surface area contributed by atoms with Crippen molar-refractivity contribution in [3.8, 4) is 0 Å². The largest absolute Gasteiger partial charge is 0.354 e. The maximum Gasteiger partial charge on any atom is 0.266 e. The predicted molar refractivity (Wildman–Crippen MR) is 86.1 cm³/mol. The van der Waals surface area contributed by atoms with Crippen LogP contribution >= 0.6 is 11.8 Å². The average Bonchev–Trinajstić information content (AvgIpc) is 2.51. The standard InChI is InChI=1S/C15H17N5OS/c21-15-2-1-4-16-20(15)9-11-7-19(8-11)14-6-12-10-22-5-3-13(12)17-18-14/h1-2,4,6,11H,3,5,7-10H2. The summed E-state index contributed by atoms with van der Waals surface area (Å²) in [5.74, 6) is 3.59. The molecule has 22 heavy (non-hydrogen) atoms. The van der Waals surface area contributed by atoms with Crippen LogP contribution in [0.3, 0.4) is 0 Å². The molecule has 2 aliphatic heterocycles. The number of aryl methyl sites for hydroxylation is 1. The first-order chi connectivity index (χ1) is 10.8. The van der Waals surface area contributed by atoms with Crippen molar-refractivity contribution in [2.75, 3.05) is 23.7 Å². The smallest absolute Gasteiger partial charge is 0.266 e. The lowest BCUT2D eigenvalue weighted by Gasteiger charge is -2.40. The van der Waals surface area contributed by atoms with E-state index in [0.717, 1.165) is 42.5 Å². The van der Waals surface area contributed by atoms with E-state index in [4.69, 9.17) is 0 Å². The Morgan fingerprint density at radius 3 is 3.09 bits per heavy atom. The van der Waals surface area contributed by atoms with E-state index < -0.39 is 0 Å². The zero-order valence-electron chi connectivity index (χ0n) is 12.2. The van der Waals surface area contributed by atoms with Gasteiger partial charge in [-0.25, -0.2) is 4.68 Å². The molecule has 0 bridgehead atoms. The highest BCUT2D eigenvalue weighted by Crippen LogP contribution is 2.28. The molecule has 0 spiro atoms. The lowest BCUT2D eigenvalue weighted by Crippen LogP contribution is -2.50. The third-order valence-electron chi connectivity index (χ3n) is 4.19. The van der Waals surface area contributed by atoms with Gasteiger partial charge in [-0.2, -0.15) is 22.0 Å². The summed E-state index contributed by atoms with van der Waals surface area (Å²) in [4.78, 5) is 13.9. The van der Waals surface area contributed by atoms with Crippen LogP contribution in [0.15, 0.2) is 29.2 Å². The summed E-state index contributed by atoms with van der Waals surface area (Å²) in [5.41, 5.74) is 2.44. The first kappa shape index (κ1) is 13.8. The number of nitrogens with zero attached hydrogens (tertiary/aromatic N) is 5. The minimum atomic E-state index is -0.0356. The van der Waals surface area contributed by atoms with Gasteiger partial charge in [0.05, 0.1) is 12.2 Å². The van der Waals surface area contributed by atoms with Crippen LogP contribution in [0.1, 0.15) is 11.3 Å². The summed E-state index contributed by atoms with van der Waals surface area (Å²) in [7, 11) is 0. The van der Waals surface area contributed by atoms with Crippen LogP contribution in [0.5, 0.6) is 0 Å². The Balaban J connectivity index is 1.41. The molecule has 7 heteroatoms. The van der Waals surface area contributed by atoms with Crippen LogP contribution in [-0.4, -0.2) is 38.8 Å². The lowest BCUT2D eigenvalue weighted by atomic mass is 10.00. The van der Waals surface area contributed by atoms with Crippen LogP contribution in [0, 0.1) is 5.92 Å². The van der Waals surface area contributed by atoms with Gasteiger partial charge in [-0.15, -0.1) is 5.10 Å². The van der Waals surface area contributed by atoms with Crippen molar-refractivity contribution in [2.24, 2.45) is 5.92 Å². The second kappa shape index (κ2) is 5.72. The van der Waals surface area contributed by atoms with E-state index in [0.29, 0.717) is 12.5 Å². The van der Waals surface area contributed by atoms with Gasteiger partial charge in [0.15, 0.2) is 5.82 Å². The topological polar surface area (TPSA) is 63.9 Å². The Hall–Kier alpha value is -1.89. The van der Waals surface area contributed by atoms with Gasteiger partial charge in [-0.05, 0) is 23.4 Å². The minimum absolute atomic E-state index is 0.0356. The summed E-state index contributed by atoms with van der Waals surface area (Å²) in [6.07, 6.45) is 2.68. The van der Waals surface area contributed by atoms with Gasteiger partial charge in [0.1, 0.15) is 0 Å². The van der Waals surface area contributed by atoms with Gasteiger partial charge in [0.25, 0.3) is 5.56 Å². The highest BCUT2D eigenvalue weighted by atomic mass is 32.2. The number of hydrogen-bond acceptors (Lipinski definition) is 6. The van der Waals surface area contributed by atoms with Gasteiger partial charge in [0, 0.05) is 43.4 Å². The first-order valence-electron chi connectivity index (χ1n) is 7.50. The molecule has 1 saturated heterocycles. The molecule has 0 saturated carbocycles. The highest BCUT2D eigenvalue weighted by Gasteiger charge is 2.29. The number of fused-ring (bicyclic) bond motifs is 1. The van der Waals surface area contributed by atoms with Gasteiger partial charge in [-0.1, -0.05) is 0 Å². The lowest BCUT2D eigenvalue weighted by molar-refractivity contribution is 0.332. The van der Waals surface area contributed by atoms with Crippen molar-refractivity contribution in [1.29, 1.82) is 0 Å². The minimum Gasteiger partial charge on any atom is -0.354 e. The van der Waals surface area contributed by atoms with Crippen LogP contribution in [0.25, 0.3) is 0 Å². The molecule has 2 aromatic rings. The van der Waals surface area contributed by atoms with Crippen molar-refractivity contribution in [2.45, 2.75) is 18.7 Å². The Morgan fingerprint density at radius 1 is 1.32 bits per heavy atom. The predicted octanol–water partition coefficient (Wildman–Crippen LogP) is 0.959. The van der Waals surface area contributed by atoms with Crippen LogP contribution in [0.4, 0.5) is 5.82 Å². The normalized spacial score (nSPS) is 17.9. The maximum atomic E-state index is 11.7. The number of aromatic nitrogens is 4. The molecule has 4 rings (SSSR count). The number of thioether (sulfide) groups is 1. The Morgan fingerprint density at radius 2 is 2.23 bits per heavy atom. The first-order valence-corrected chi connectivity index (χ1v) is 8.65. The molecule has 4 heterocycles. The zero-order chi connectivity index (χ0) is 14.9. The van der Waals surface area contributed by atoms with Crippen molar-refractivity contribution >= 4 is 17.6 Å². The van der Waals surface area contributed by atoms with Gasteiger partial charge in [0.2, 0.25) is 0 Å². The molecule has 0 amide bonds. The Bertz CT molecular complexity index is 741. The molecule has 0 N–H and O–H groups in total. The fourth-order valence-corrected chi connectivity index (χ4v) is 3.88. The third-order valence-corrected chi connectivity index (χ3v) is 5.19. The molecule has 2 aliphatic rings. The molecule has 114 valence electrons. The maximum absolute atomic E-state index is 11.7. The SMILES string of the molecule is O=c1cccnn1CC1CN(c2cc3c(nn2)CCSC3)C1. The number of anilines is 1. The highest BCUT2D eigenvalue weighted by molar-refractivity contribution is 7.98. The molecule has 0 aromatic carbocycles. The molecule has 1 fully saturated rings. The number of hydrogen-bond donors (Lipinski definition) is 0. The van der Waals surface area contributed by atoms with Crippen LogP contribution in [0.2, 0.25) is 0 Å². The molecule has 2 aromatic heterocycles.